The van der Waals surface area contributed by atoms with Crippen LogP contribution in [-0.4, -0.2) is 18.2 Å². The molecule has 1 amide bonds. The highest BCUT2D eigenvalue weighted by Gasteiger charge is 2.14. The summed E-state index contributed by atoms with van der Waals surface area (Å²) in [5.74, 6) is 0.363. The molecule has 0 heterocycles. The number of hydrogen-bond acceptors (Lipinski definition) is 3. The Hall–Kier alpha value is -3.14. The third kappa shape index (κ3) is 4.23. The molecule has 1 atom stereocenters. The molecule has 0 aromatic heterocycles. The third-order valence-electron chi connectivity index (χ3n) is 3.97. The highest BCUT2D eigenvalue weighted by atomic mass is 16.5. The zero-order valence-corrected chi connectivity index (χ0v) is 14.3. The van der Waals surface area contributed by atoms with Crippen LogP contribution in [0, 0.1) is 6.92 Å². The molecule has 3 aromatic rings. The van der Waals surface area contributed by atoms with E-state index < -0.39 is 6.10 Å². The molecule has 0 radical (unpaired) electrons. The Kier molecular flexibility index (Phi) is 5.09. The minimum Gasteiger partial charge on any atom is -0.481 e. The fraction of sp³-hybridized carbons (Fsp3) is 0.143. The fourth-order valence-electron chi connectivity index (χ4n) is 2.49. The number of benzene rings is 3. The molecule has 0 aliphatic heterocycles. The number of aryl methyl sites for hydroxylation is 1. The first kappa shape index (κ1) is 16.7. The van der Waals surface area contributed by atoms with Gasteiger partial charge in [0.2, 0.25) is 0 Å². The summed E-state index contributed by atoms with van der Waals surface area (Å²) in [5.41, 5.74) is 4.58. The van der Waals surface area contributed by atoms with Crippen molar-refractivity contribution in [1.29, 1.82) is 0 Å². The maximum atomic E-state index is 12.1. The normalized spacial score (nSPS) is 12.2. The first-order valence-corrected chi connectivity index (χ1v) is 8.17. The van der Waals surface area contributed by atoms with E-state index in [9.17, 15) is 4.79 Å². The Bertz CT molecular complexity index is 918. The van der Waals surface area contributed by atoms with Gasteiger partial charge in [0.15, 0.2) is 6.10 Å². The molecule has 0 spiro atoms. The molecule has 0 aliphatic carbocycles. The maximum Gasteiger partial charge on any atom is 0.280 e. The van der Waals surface area contributed by atoms with Crippen molar-refractivity contribution in [2.75, 3.05) is 0 Å². The Morgan fingerprint density at radius 2 is 1.76 bits per heavy atom. The molecule has 1 N–H and O–H groups in total. The number of carbonyl (C=O) groups excluding carboxylic acids is 1. The molecule has 0 bridgehead atoms. The molecule has 0 saturated carbocycles. The summed E-state index contributed by atoms with van der Waals surface area (Å²) in [6.45, 7) is 3.70. The predicted molar refractivity (Wildman–Crippen MR) is 101 cm³/mol. The Morgan fingerprint density at radius 3 is 2.56 bits per heavy atom. The monoisotopic (exact) mass is 332 g/mol. The largest absolute Gasteiger partial charge is 0.481 e. The van der Waals surface area contributed by atoms with Crippen molar-refractivity contribution in [3.63, 3.8) is 0 Å². The Labute approximate surface area is 147 Å². The van der Waals surface area contributed by atoms with Crippen LogP contribution < -0.4 is 10.2 Å². The molecule has 3 rings (SSSR count). The van der Waals surface area contributed by atoms with Crippen molar-refractivity contribution in [3.05, 3.63) is 77.9 Å². The smallest absolute Gasteiger partial charge is 0.280 e. The van der Waals surface area contributed by atoms with Gasteiger partial charge in [-0.15, -0.1) is 0 Å². The number of hydrogen-bond donors (Lipinski definition) is 1. The van der Waals surface area contributed by atoms with Crippen LogP contribution in [0.2, 0.25) is 0 Å². The van der Waals surface area contributed by atoms with Crippen molar-refractivity contribution >= 4 is 22.9 Å². The van der Waals surface area contributed by atoms with Gasteiger partial charge < -0.3 is 4.74 Å². The van der Waals surface area contributed by atoms with Gasteiger partial charge in [-0.05, 0) is 47.9 Å². The van der Waals surface area contributed by atoms with E-state index in [0.717, 1.165) is 21.9 Å². The molecule has 0 saturated heterocycles. The number of nitrogens with one attached hydrogen (secondary N) is 1. The highest BCUT2D eigenvalue weighted by Crippen LogP contribution is 2.21. The Balaban J connectivity index is 1.61. The average molecular weight is 332 g/mol. The predicted octanol–water partition coefficient (Wildman–Crippen LogP) is 4.07. The van der Waals surface area contributed by atoms with E-state index in [-0.39, 0.29) is 5.91 Å². The molecule has 4 heteroatoms. The van der Waals surface area contributed by atoms with E-state index in [2.05, 4.69) is 10.5 Å². The van der Waals surface area contributed by atoms with Crippen LogP contribution >= 0.6 is 0 Å². The number of hydrazone groups is 1. The fourth-order valence-corrected chi connectivity index (χ4v) is 2.49. The second-order valence-electron chi connectivity index (χ2n) is 5.86. The van der Waals surface area contributed by atoms with Gasteiger partial charge in [-0.2, -0.15) is 5.10 Å². The molecule has 4 nitrogen and oxygen atoms in total. The molecule has 126 valence electrons. The summed E-state index contributed by atoms with van der Waals surface area (Å²) in [6, 6.07) is 21.6. The minimum absolute atomic E-state index is 0.294. The second-order valence-corrected chi connectivity index (χ2v) is 5.86. The van der Waals surface area contributed by atoms with E-state index in [1.54, 1.807) is 13.1 Å². The first-order chi connectivity index (χ1) is 12.1. The summed E-state index contributed by atoms with van der Waals surface area (Å²) >= 11 is 0. The number of nitrogens with zero attached hydrogens (tertiary/aromatic N) is 1. The lowest BCUT2D eigenvalue weighted by Crippen LogP contribution is -2.33. The van der Waals surface area contributed by atoms with Gasteiger partial charge in [-0.3, -0.25) is 4.79 Å². The van der Waals surface area contributed by atoms with Gasteiger partial charge in [0, 0.05) is 0 Å². The molecular weight excluding hydrogens is 312 g/mol. The molecule has 25 heavy (non-hydrogen) atoms. The first-order valence-electron chi connectivity index (χ1n) is 8.17. The number of amides is 1. The molecule has 0 fully saturated rings. The van der Waals surface area contributed by atoms with Gasteiger partial charge in [0.25, 0.3) is 5.91 Å². The lowest BCUT2D eigenvalue weighted by Gasteiger charge is -2.13. The standard InChI is InChI=1S/C21H20N2O2/c1-15-7-3-4-10-19(15)14-22-23-21(24)16(2)25-20-12-11-17-8-5-6-9-18(17)13-20/h3-14,16H,1-2H3,(H,23,24)/b22-14-/t16-/m0/s1. The van der Waals surface area contributed by atoms with Crippen LogP contribution in [0.25, 0.3) is 10.8 Å². The van der Waals surface area contributed by atoms with Gasteiger partial charge >= 0.3 is 0 Å². The summed E-state index contributed by atoms with van der Waals surface area (Å²) in [7, 11) is 0. The average Bonchev–Trinajstić information content (AvgIpc) is 2.63. The quantitative estimate of drug-likeness (QED) is 0.566. The van der Waals surface area contributed by atoms with Gasteiger partial charge in [-0.25, -0.2) is 5.43 Å². The second kappa shape index (κ2) is 7.62. The van der Waals surface area contributed by atoms with Crippen molar-refractivity contribution in [2.45, 2.75) is 20.0 Å². The van der Waals surface area contributed by atoms with Crippen LogP contribution in [0.3, 0.4) is 0 Å². The van der Waals surface area contributed by atoms with Gasteiger partial charge in [0.05, 0.1) is 6.21 Å². The number of ether oxygens (including phenoxy) is 1. The van der Waals surface area contributed by atoms with E-state index >= 15 is 0 Å². The summed E-state index contributed by atoms with van der Waals surface area (Å²) < 4.78 is 5.72. The number of rotatable bonds is 5. The summed E-state index contributed by atoms with van der Waals surface area (Å²) in [5, 5.41) is 6.22. The molecular formula is C21H20N2O2. The van der Waals surface area contributed by atoms with E-state index in [1.165, 1.54) is 0 Å². The molecule has 0 aliphatic rings. The number of carbonyl (C=O) groups is 1. The van der Waals surface area contributed by atoms with Crippen molar-refractivity contribution in [2.24, 2.45) is 5.10 Å². The van der Waals surface area contributed by atoms with E-state index in [4.69, 9.17) is 4.74 Å². The minimum atomic E-state index is -0.643. The lowest BCUT2D eigenvalue weighted by molar-refractivity contribution is -0.127. The van der Waals surface area contributed by atoms with Crippen LogP contribution in [0.4, 0.5) is 0 Å². The highest BCUT2D eigenvalue weighted by molar-refractivity contribution is 5.86. The van der Waals surface area contributed by atoms with Crippen LogP contribution in [-0.2, 0) is 4.79 Å². The van der Waals surface area contributed by atoms with E-state index in [1.807, 2.05) is 73.7 Å². The zero-order chi connectivity index (χ0) is 17.6. The Morgan fingerprint density at radius 1 is 1.04 bits per heavy atom. The SMILES string of the molecule is Cc1ccccc1/C=N\NC(=O)[C@H](C)Oc1ccc2ccccc2c1. The van der Waals surface area contributed by atoms with E-state index in [0.29, 0.717) is 5.75 Å². The third-order valence-corrected chi connectivity index (χ3v) is 3.97. The van der Waals surface area contributed by atoms with Crippen LogP contribution in [0.1, 0.15) is 18.1 Å². The lowest BCUT2D eigenvalue weighted by atomic mass is 10.1. The van der Waals surface area contributed by atoms with Gasteiger partial charge in [0.1, 0.15) is 5.75 Å². The van der Waals surface area contributed by atoms with Crippen LogP contribution in [0.5, 0.6) is 5.75 Å². The summed E-state index contributed by atoms with van der Waals surface area (Å²) in [4.78, 5) is 12.1. The van der Waals surface area contributed by atoms with Crippen molar-refractivity contribution < 1.29 is 9.53 Å². The van der Waals surface area contributed by atoms with Gasteiger partial charge in [-0.1, -0.05) is 54.6 Å². The van der Waals surface area contributed by atoms with Crippen LogP contribution in [0.15, 0.2) is 71.8 Å². The number of fused-ring (bicyclic) bond motifs is 1. The van der Waals surface area contributed by atoms with Crippen molar-refractivity contribution in [3.8, 4) is 5.75 Å². The topological polar surface area (TPSA) is 50.7 Å². The van der Waals surface area contributed by atoms with Crippen molar-refractivity contribution in [1.82, 2.24) is 5.43 Å². The maximum absolute atomic E-state index is 12.1. The molecule has 3 aromatic carbocycles. The summed E-state index contributed by atoms with van der Waals surface area (Å²) in [6.07, 6.45) is 0.992. The molecule has 0 unspecified atom stereocenters. The zero-order valence-electron chi connectivity index (χ0n) is 14.3.